The Morgan fingerprint density at radius 1 is 1.39 bits per heavy atom. The van der Waals surface area contributed by atoms with Gasteiger partial charge in [-0.3, -0.25) is 4.98 Å². The van der Waals surface area contributed by atoms with Crippen LogP contribution in [-0.4, -0.2) is 42.5 Å². The van der Waals surface area contributed by atoms with Crippen LogP contribution in [0.5, 0.6) is 0 Å². The molecule has 2 N–H and O–H groups in total. The molecule has 1 aliphatic heterocycles. The molecule has 0 saturated carbocycles. The van der Waals surface area contributed by atoms with E-state index in [0.29, 0.717) is 18.0 Å². The van der Waals surface area contributed by atoms with Gasteiger partial charge in [0.15, 0.2) is 0 Å². The molecule has 0 aromatic carbocycles. The van der Waals surface area contributed by atoms with Crippen LogP contribution in [0.3, 0.4) is 0 Å². The molecule has 6 nitrogen and oxygen atoms in total. The van der Waals surface area contributed by atoms with Crippen molar-refractivity contribution in [2.45, 2.75) is 84.6 Å². The van der Waals surface area contributed by atoms with E-state index in [4.69, 9.17) is 11.6 Å². The first-order valence-electron chi connectivity index (χ1n) is 10.8. The van der Waals surface area contributed by atoms with E-state index in [1.807, 2.05) is 40.7 Å². The van der Waals surface area contributed by atoms with Crippen LogP contribution in [0.4, 0.5) is 4.79 Å². The fraction of sp³-hybridized carbons (Fsp3) is 0.739. The molecule has 0 radical (unpaired) electrons. The minimum atomic E-state index is -1.27. The lowest BCUT2D eigenvalue weighted by Gasteiger charge is -2.42. The van der Waals surface area contributed by atoms with Gasteiger partial charge in [-0.05, 0) is 76.8 Å². The highest BCUT2D eigenvalue weighted by Gasteiger charge is 2.53. The van der Waals surface area contributed by atoms with Crippen LogP contribution >= 0.6 is 11.6 Å². The van der Waals surface area contributed by atoms with Gasteiger partial charge in [0, 0.05) is 34.7 Å². The Labute approximate surface area is 195 Å². The van der Waals surface area contributed by atoms with Gasteiger partial charge < -0.3 is 14.6 Å². The molecule has 176 valence electrons. The lowest BCUT2D eigenvalue weighted by molar-refractivity contribution is 0.0632. The van der Waals surface area contributed by atoms with Crippen molar-refractivity contribution < 1.29 is 14.5 Å². The van der Waals surface area contributed by atoms with Gasteiger partial charge in [0.05, 0.1) is 11.7 Å². The third kappa shape index (κ3) is 6.28. The van der Waals surface area contributed by atoms with Gasteiger partial charge in [0.25, 0.3) is 0 Å². The summed E-state index contributed by atoms with van der Waals surface area (Å²) in [5.41, 5.74) is 0.245. The van der Waals surface area contributed by atoms with Crippen LogP contribution < -0.4 is 4.72 Å². The second-order valence-corrected chi connectivity index (χ2v) is 13.6. The van der Waals surface area contributed by atoms with Crippen molar-refractivity contribution in [2.75, 3.05) is 6.54 Å². The van der Waals surface area contributed by atoms with Gasteiger partial charge in [0.2, 0.25) is 0 Å². The maximum Gasteiger partial charge on any atom is 0.407 e. The first kappa shape index (κ1) is 26.2. The van der Waals surface area contributed by atoms with Gasteiger partial charge in [-0.1, -0.05) is 32.4 Å². The van der Waals surface area contributed by atoms with Crippen molar-refractivity contribution in [2.24, 2.45) is 17.3 Å². The number of halogens is 1. The molecule has 1 saturated heterocycles. The zero-order valence-electron chi connectivity index (χ0n) is 20.0. The molecule has 31 heavy (non-hydrogen) atoms. The standard InChI is InChI=1S/C23H38ClN3O3S/c1-21(2,3)19-15(14-27(20(28)29)23(19,7)8)9-10-17(26-31(30)22(4,5)6)18-13-16(24)11-12-25-18/h11-13,15,17,19,26H,9-10,14H2,1-8H3,(H,28,29)/t15-,17?,19?,31?/m1/s1. The third-order valence-corrected chi connectivity index (χ3v) is 8.09. The molecule has 4 atom stereocenters. The van der Waals surface area contributed by atoms with E-state index < -0.39 is 27.7 Å². The number of nitrogens with one attached hydrogen (secondary N) is 1. The quantitative estimate of drug-likeness (QED) is 0.522. The monoisotopic (exact) mass is 471 g/mol. The average Bonchev–Trinajstić information content (AvgIpc) is 2.88. The molecular weight excluding hydrogens is 434 g/mol. The second kappa shape index (κ2) is 9.46. The Hall–Kier alpha value is -1.02. The van der Waals surface area contributed by atoms with Gasteiger partial charge in [0.1, 0.15) is 4.75 Å². The fourth-order valence-electron chi connectivity index (χ4n) is 5.23. The Balaban J connectivity index is 2.29. The minimum absolute atomic E-state index is 0.0518. The smallest absolute Gasteiger partial charge is 0.407 e. The summed E-state index contributed by atoms with van der Waals surface area (Å²) in [6.45, 7) is 16.9. The van der Waals surface area contributed by atoms with E-state index in [0.717, 1.165) is 12.1 Å². The maximum absolute atomic E-state index is 12.9. The van der Waals surface area contributed by atoms with Crippen molar-refractivity contribution in [3.05, 3.63) is 29.0 Å². The zero-order valence-corrected chi connectivity index (χ0v) is 21.6. The number of rotatable bonds is 6. The van der Waals surface area contributed by atoms with Crippen LogP contribution in [0, 0.1) is 17.3 Å². The summed E-state index contributed by atoms with van der Waals surface area (Å²) in [7, 11) is 0. The highest BCUT2D eigenvalue weighted by molar-refractivity contribution is 7.90. The molecule has 2 rings (SSSR count). The Kier molecular flexibility index (Phi) is 8.00. The number of aromatic nitrogens is 1. The van der Waals surface area contributed by atoms with Gasteiger partial charge in [-0.2, -0.15) is 0 Å². The summed E-state index contributed by atoms with van der Waals surface area (Å²) in [6, 6.07) is 3.30. The van der Waals surface area contributed by atoms with E-state index in [-0.39, 0.29) is 23.3 Å². The van der Waals surface area contributed by atoms with Crippen molar-refractivity contribution in [1.29, 1.82) is 0 Å². The van der Waals surface area contributed by atoms with Crippen LogP contribution in [-0.2, 0) is 11.4 Å². The van der Waals surface area contributed by atoms with Crippen molar-refractivity contribution in [3.8, 4) is 0 Å². The largest absolute Gasteiger partial charge is 0.598 e. The normalized spacial score (nSPS) is 23.6. The number of nitrogens with zero attached hydrogens (tertiary/aromatic N) is 2. The number of likely N-dealkylation sites (tertiary alicyclic amines) is 1. The molecule has 1 amide bonds. The lowest BCUT2D eigenvalue weighted by Crippen LogP contribution is -2.49. The molecule has 3 unspecified atom stereocenters. The van der Waals surface area contributed by atoms with Crippen LogP contribution in [0.25, 0.3) is 0 Å². The molecular formula is C23H38ClN3O3S. The Bertz CT molecular complexity index is 776. The Morgan fingerprint density at radius 3 is 2.48 bits per heavy atom. The maximum atomic E-state index is 12.9. The summed E-state index contributed by atoms with van der Waals surface area (Å²) in [6.07, 6.45) is 2.27. The highest BCUT2D eigenvalue weighted by atomic mass is 35.5. The first-order chi connectivity index (χ1) is 14.0. The fourth-order valence-corrected chi connectivity index (χ4v) is 6.25. The number of hydrogen-bond acceptors (Lipinski definition) is 4. The molecule has 1 aromatic rings. The van der Waals surface area contributed by atoms with Crippen LogP contribution in [0.15, 0.2) is 18.3 Å². The predicted octanol–water partition coefficient (Wildman–Crippen LogP) is 5.66. The van der Waals surface area contributed by atoms with Crippen molar-refractivity contribution in [1.82, 2.24) is 14.6 Å². The summed E-state index contributed by atoms with van der Waals surface area (Å²) in [5.74, 6) is 0.384. The van der Waals surface area contributed by atoms with Crippen molar-refractivity contribution >= 4 is 29.1 Å². The van der Waals surface area contributed by atoms with Crippen LogP contribution in [0.1, 0.15) is 80.0 Å². The highest BCUT2D eigenvalue weighted by Crippen LogP contribution is 2.50. The van der Waals surface area contributed by atoms with Crippen molar-refractivity contribution in [3.63, 3.8) is 0 Å². The minimum Gasteiger partial charge on any atom is -0.598 e. The van der Waals surface area contributed by atoms with E-state index in [2.05, 4.69) is 30.5 Å². The van der Waals surface area contributed by atoms with E-state index in [9.17, 15) is 14.5 Å². The summed E-state index contributed by atoms with van der Waals surface area (Å²) < 4.78 is 15.7. The van der Waals surface area contributed by atoms with E-state index in [1.54, 1.807) is 17.2 Å². The number of hydrogen-bond donors (Lipinski definition) is 2. The van der Waals surface area contributed by atoms with Gasteiger partial charge in [-0.25, -0.2) is 4.79 Å². The summed E-state index contributed by atoms with van der Waals surface area (Å²) >= 11 is 4.93. The lowest BCUT2D eigenvalue weighted by atomic mass is 9.65. The number of carbonyl (C=O) groups is 1. The van der Waals surface area contributed by atoms with Gasteiger partial charge >= 0.3 is 6.09 Å². The SMILES string of the molecule is CC(C)(C)C1[C@H](CCC(N[S+]([O-])C(C)(C)C)c2cc(Cl)ccn2)CN(C(=O)O)C1(C)C. The molecule has 1 aromatic heterocycles. The molecule has 1 fully saturated rings. The summed E-state index contributed by atoms with van der Waals surface area (Å²) in [5, 5.41) is 10.4. The number of pyridine rings is 1. The average molecular weight is 472 g/mol. The van der Waals surface area contributed by atoms with E-state index in [1.165, 1.54) is 0 Å². The Morgan fingerprint density at radius 2 is 2.00 bits per heavy atom. The third-order valence-electron chi connectivity index (χ3n) is 6.24. The molecule has 8 heteroatoms. The van der Waals surface area contributed by atoms with E-state index >= 15 is 0 Å². The topological polar surface area (TPSA) is 88.5 Å². The number of amides is 1. The zero-order chi connectivity index (χ0) is 23.8. The number of carboxylic acid groups (broad SMARTS) is 1. The van der Waals surface area contributed by atoms with Crippen LogP contribution in [0.2, 0.25) is 5.02 Å². The molecule has 0 bridgehead atoms. The second-order valence-electron chi connectivity index (χ2n) is 11.2. The first-order valence-corrected chi connectivity index (χ1v) is 12.4. The molecule has 0 aliphatic carbocycles. The van der Waals surface area contributed by atoms with Gasteiger partial charge in [-0.15, -0.1) is 4.72 Å². The summed E-state index contributed by atoms with van der Waals surface area (Å²) in [4.78, 5) is 18.0. The molecule has 1 aliphatic rings. The predicted molar refractivity (Wildman–Crippen MR) is 127 cm³/mol. The molecule has 0 spiro atoms. The molecule has 2 heterocycles.